The molecule has 0 amide bonds. The van der Waals surface area contributed by atoms with Crippen molar-refractivity contribution in [3.8, 4) is 0 Å². The van der Waals surface area contributed by atoms with E-state index in [9.17, 15) is 0 Å². The molecule has 13 heavy (non-hydrogen) atoms. The van der Waals surface area contributed by atoms with E-state index >= 15 is 0 Å². The Labute approximate surface area is 97.7 Å². The van der Waals surface area contributed by atoms with Crippen LogP contribution in [0.3, 0.4) is 0 Å². The average Bonchev–Trinajstić information content (AvgIpc) is 2.11. The molecular formula is C11H28S2. The summed E-state index contributed by atoms with van der Waals surface area (Å²) in [7, 11) is 0. The van der Waals surface area contributed by atoms with Crippen molar-refractivity contribution in [3.63, 3.8) is 0 Å². The molecule has 0 heterocycles. The fourth-order valence-electron chi connectivity index (χ4n) is 1.66. The van der Waals surface area contributed by atoms with Crippen LogP contribution >= 0.6 is 26.1 Å². The minimum atomic E-state index is 0. The van der Waals surface area contributed by atoms with Crippen LogP contribution in [0.2, 0.25) is 0 Å². The van der Waals surface area contributed by atoms with E-state index < -0.39 is 0 Å². The first-order valence-electron chi connectivity index (χ1n) is 5.04. The molecule has 0 N–H and O–H groups in total. The summed E-state index contributed by atoms with van der Waals surface area (Å²) in [4.78, 5) is 0. The van der Waals surface area contributed by atoms with Gasteiger partial charge in [0.15, 0.2) is 0 Å². The van der Waals surface area contributed by atoms with E-state index in [1.807, 2.05) is 13.8 Å². The molecule has 0 aromatic heterocycles. The van der Waals surface area contributed by atoms with Gasteiger partial charge in [-0.1, -0.05) is 53.4 Å². The highest BCUT2D eigenvalue weighted by Gasteiger charge is 2.11. The maximum absolute atomic E-state index is 4.23. The third-order valence-corrected chi connectivity index (χ3v) is 2.52. The van der Waals surface area contributed by atoms with Gasteiger partial charge in [0.25, 0.3) is 0 Å². The van der Waals surface area contributed by atoms with Crippen LogP contribution in [-0.4, -0.2) is 5.75 Å². The first-order valence-corrected chi connectivity index (χ1v) is 5.67. The van der Waals surface area contributed by atoms with E-state index in [4.69, 9.17) is 0 Å². The lowest BCUT2D eigenvalue weighted by molar-refractivity contribution is 0.352. The zero-order chi connectivity index (χ0) is 8.53. The number of hydrogen-bond acceptors (Lipinski definition) is 1. The summed E-state index contributed by atoms with van der Waals surface area (Å²) in [5, 5.41) is 0. The third kappa shape index (κ3) is 10.6. The van der Waals surface area contributed by atoms with Gasteiger partial charge in [-0.05, 0) is 18.1 Å². The minimum Gasteiger partial charge on any atom is -0.197 e. The van der Waals surface area contributed by atoms with Crippen LogP contribution in [0.1, 0.15) is 59.8 Å². The SMILES string of the molecule is C.CC.S.SCCC1CCCCC1. The van der Waals surface area contributed by atoms with Crippen LogP contribution in [-0.2, 0) is 0 Å². The summed E-state index contributed by atoms with van der Waals surface area (Å²) in [5.74, 6) is 2.11. The monoisotopic (exact) mass is 224 g/mol. The van der Waals surface area contributed by atoms with Gasteiger partial charge in [-0.3, -0.25) is 0 Å². The van der Waals surface area contributed by atoms with E-state index in [0.29, 0.717) is 0 Å². The smallest absolute Gasteiger partial charge is 0.00953 e. The molecule has 0 aliphatic heterocycles. The van der Waals surface area contributed by atoms with Gasteiger partial charge in [0, 0.05) is 0 Å². The molecule has 0 saturated heterocycles. The molecule has 0 spiro atoms. The van der Waals surface area contributed by atoms with Crippen molar-refractivity contribution >= 4 is 26.1 Å². The zero-order valence-corrected chi connectivity index (χ0v) is 10.4. The summed E-state index contributed by atoms with van der Waals surface area (Å²) >= 11 is 4.23. The first kappa shape index (κ1) is 19.3. The van der Waals surface area contributed by atoms with E-state index in [2.05, 4.69) is 12.6 Å². The van der Waals surface area contributed by atoms with Gasteiger partial charge >= 0.3 is 0 Å². The van der Waals surface area contributed by atoms with Gasteiger partial charge in [0.05, 0.1) is 0 Å². The second kappa shape index (κ2) is 15.2. The molecule has 1 fully saturated rings. The van der Waals surface area contributed by atoms with Crippen molar-refractivity contribution in [2.45, 2.75) is 59.8 Å². The molecule has 0 radical (unpaired) electrons. The molecule has 0 aromatic carbocycles. The van der Waals surface area contributed by atoms with Gasteiger partial charge < -0.3 is 0 Å². The van der Waals surface area contributed by atoms with Crippen LogP contribution < -0.4 is 0 Å². The van der Waals surface area contributed by atoms with Crippen LogP contribution in [0.25, 0.3) is 0 Å². The van der Waals surface area contributed by atoms with Crippen molar-refractivity contribution in [2.24, 2.45) is 5.92 Å². The summed E-state index contributed by atoms with van der Waals surface area (Å²) in [6, 6.07) is 0. The quantitative estimate of drug-likeness (QED) is 0.648. The highest BCUT2D eigenvalue weighted by atomic mass is 32.1. The molecule has 2 heteroatoms. The Morgan fingerprint density at radius 2 is 1.54 bits per heavy atom. The predicted octanol–water partition coefficient (Wildman–Crippen LogP) is 4.66. The Morgan fingerprint density at radius 3 is 1.92 bits per heavy atom. The second-order valence-electron chi connectivity index (χ2n) is 3.02. The van der Waals surface area contributed by atoms with Gasteiger partial charge in [-0.2, -0.15) is 26.1 Å². The largest absolute Gasteiger partial charge is 0.197 e. The van der Waals surface area contributed by atoms with E-state index in [1.165, 1.54) is 38.5 Å². The maximum Gasteiger partial charge on any atom is -0.00953 e. The highest BCUT2D eigenvalue weighted by Crippen LogP contribution is 2.26. The fraction of sp³-hybridized carbons (Fsp3) is 1.00. The molecule has 0 bridgehead atoms. The van der Waals surface area contributed by atoms with Crippen molar-refractivity contribution in [3.05, 3.63) is 0 Å². The third-order valence-electron chi connectivity index (χ3n) is 2.26. The lowest BCUT2D eigenvalue weighted by Gasteiger charge is -2.20. The molecule has 84 valence electrons. The highest BCUT2D eigenvalue weighted by molar-refractivity contribution is 7.80. The van der Waals surface area contributed by atoms with Crippen molar-refractivity contribution in [2.75, 3.05) is 5.75 Å². The lowest BCUT2D eigenvalue weighted by Crippen LogP contribution is -2.06. The summed E-state index contributed by atoms with van der Waals surface area (Å²) < 4.78 is 0. The second-order valence-corrected chi connectivity index (χ2v) is 3.46. The van der Waals surface area contributed by atoms with Gasteiger partial charge in [-0.25, -0.2) is 0 Å². The molecule has 1 aliphatic rings. The van der Waals surface area contributed by atoms with Gasteiger partial charge in [0.2, 0.25) is 0 Å². The number of rotatable bonds is 2. The van der Waals surface area contributed by atoms with E-state index in [-0.39, 0.29) is 20.9 Å². The van der Waals surface area contributed by atoms with E-state index in [1.54, 1.807) is 0 Å². The Morgan fingerprint density at radius 1 is 1.08 bits per heavy atom. The molecule has 1 rings (SSSR count). The van der Waals surface area contributed by atoms with Crippen LogP contribution in [0.15, 0.2) is 0 Å². The standard InChI is InChI=1S/C8H16S.C2H6.CH4.H2S/c9-7-6-8-4-2-1-3-5-8;1-2;;/h8-9H,1-7H2;1-2H3;1H4;1H2. The van der Waals surface area contributed by atoms with Crippen LogP contribution in [0.5, 0.6) is 0 Å². The Hall–Kier alpha value is 0.700. The molecule has 0 unspecified atom stereocenters. The Kier molecular flexibility index (Phi) is 22.5. The molecule has 0 aromatic rings. The van der Waals surface area contributed by atoms with Crippen LogP contribution in [0.4, 0.5) is 0 Å². The maximum atomic E-state index is 4.23. The number of thiol groups is 1. The first-order chi connectivity index (χ1) is 5.43. The summed E-state index contributed by atoms with van der Waals surface area (Å²) in [5.41, 5.74) is 0. The van der Waals surface area contributed by atoms with Gasteiger partial charge in [0.1, 0.15) is 0 Å². The van der Waals surface area contributed by atoms with Crippen molar-refractivity contribution in [1.29, 1.82) is 0 Å². The van der Waals surface area contributed by atoms with Crippen molar-refractivity contribution < 1.29 is 0 Å². The molecule has 0 atom stereocenters. The predicted molar refractivity (Wildman–Crippen MR) is 73.5 cm³/mol. The van der Waals surface area contributed by atoms with Gasteiger partial charge in [-0.15, -0.1) is 0 Å². The van der Waals surface area contributed by atoms with E-state index in [0.717, 1.165) is 11.7 Å². The minimum absolute atomic E-state index is 0. The average molecular weight is 224 g/mol. The fourth-order valence-corrected chi connectivity index (χ4v) is 2.02. The Bertz CT molecular complexity index is 65.7. The Balaban J connectivity index is -0.000000234. The topological polar surface area (TPSA) is 0 Å². The summed E-state index contributed by atoms with van der Waals surface area (Å²) in [6.45, 7) is 4.00. The summed E-state index contributed by atoms with van der Waals surface area (Å²) in [6.07, 6.45) is 8.71. The molecule has 1 aliphatic carbocycles. The lowest BCUT2D eigenvalue weighted by atomic mass is 9.88. The normalized spacial score (nSPS) is 15.9. The molecule has 1 saturated carbocycles. The van der Waals surface area contributed by atoms with Crippen LogP contribution in [0, 0.1) is 5.92 Å². The molecular weight excluding hydrogens is 196 g/mol. The zero-order valence-electron chi connectivity index (χ0n) is 8.47. The number of hydrogen-bond donors (Lipinski definition) is 1. The molecule has 0 nitrogen and oxygen atoms in total. The van der Waals surface area contributed by atoms with Crippen molar-refractivity contribution in [1.82, 2.24) is 0 Å².